The van der Waals surface area contributed by atoms with Crippen LogP contribution in [0.25, 0.3) is 22.1 Å². The Morgan fingerprint density at radius 2 is 1.70 bits per heavy atom. The monoisotopic (exact) mass is 638 g/mol. The molecule has 3 N–H and O–H groups in total. The summed E-state index contributed by atoms with van der Waals surface area (Å²) < 4.78 is 30.8. The van der Waals surface area contributed by atoms with E-state index in [1.165, 1.54) is 10.6 Å². The number of piperazine rings is 1. The van der Waals surface area contributed by atoms with E-state index in [4.69, 9.17) is 19.7 Å². The molecule has 44 heavy (non-hydrogen) atoms. The summed E-state index contributed by atoms with van der Waals surface area (Å²) in [7, 11) is -3.16. The lowest BCUT2D eigenvalue weighted by atomic mass is 10.2. The first kappa shape index (κ1) is 30.1. The number of nitrogens with one attached hydrogen (secondary N) is 3. The van der Waals surface area contributed by atoms with Crippen LogP contribution in [0.4, 0.5) is 16.4 Å². The van der Waals surface area contributed by atoms with E-state index in [9.17, 15) is 13.2 Å². The van der Waals surface area contributed by atoms with E-state index < -0.39 is 10.0 Å². The van der Waals surface area contributed by atoms with Crippen molar-refractivity contribution in [3.05, 3.63) is 59.2 Å². The SMILES string of the molecule is CS(=O)(=O)N1CCN(Cc2ccc(-c3nc(-c4ccc(NC(=O)NCc5ccn[nH]5)cc4)nc(N4CCOCC4)n3)s2)CC1. The number of urea groups is 1. The quantitative estimate of drug-likeness (QED) is 0.248. The normalized spacial score (nSPS) is 16.6. The maximum atomic E-state index is 12.3. The number of ether oxygens (including phenoxy) is 1. The van der Waals surface area contributed by atoms with Gasteiger partial charge in [-0.3, -0.25) is 10.00 Å². The molecule has 1 aromatic carbocycles. The number of rotatable bonds is 9. The summed E-state index contributed by atoms with van der Waals surface area (Å²) in [6.45, 7) is 6.05. The van der Waals surface area contributed by atoms with Gasteiger partial charge in [-0.25, -0.2) is 18.2 Å². The minimum absolute atomic E-state index is 0.324. The van der Waals surface area contributed by atoms with Crippen LogP contribution in [0.3, 0.4) is 0 Å². The van der Waals surface area contributed by atoms with Crippen molar-refractivity contribution in [1.29, 1.82) is 0 Å². The minimum atomic E-state index is -3.16. The molecule has 0 spiro atoms. The number of hydrogen-bond donors (Lipinski definition) is 3. The number of hydrogen-bond acceptors (Lipinski definition) is 11. The summed E-state index contributed by atoms with van der Waals surface area (Å²) in [6.07, 6.45) is 2.90. The summed E-state index contributed by atoms with van der Waals surface area (Å²) in [5.41, 5.74) is 2.24. The predicted octanol–water partition coefficient (Wildman–Crippen LogP) is 2.23. The molecule has 5 heterocycles. The molecule has 0 radical (unpaired) electrons. The summed E-state index contributed by atoms with van der Waals surface area (Å²) in [4.78, 5) is 33.3. The number of nitrogens with zero attached hydrogens (tertiary/aromatic N) is 7. The van der Waals surface area contributed by atoms with Gasteiger partial charge in [0.25, 0.3) is 0 Å². The van der Waals surface area contributed by atoms with Gasteiger partial charge < -0.3 is 20.3 Å². The van der Waals surface area contributed by atoms with Crippen molar-refractivity contribution in [2.24, 2.45) is 0 Å². The maximum absolute atomic E-state index is 12.3. The van der Waals surface area contributed by atoms with Crippen LogP contribution < -0.4 is 15.5 Å². The van der Waals surface area contributed by atoms with Crippen molar-refractivity contribution < 1.29 is 17.9 Å². The van der Waals surface area contributed by atoms with Crippen molar-refractivity contribution in [1.82, 2.24) is 39.7 Å². The van der Waals surface area contributed by atoms with Crippen LogP contribution in [-0.2, 0) is 27.8 Å². The summed E-state index contributed by atoms with van der Waals surface area (Å²) in [5.74, 6) is 1.73. The zero-order valence-corrected chi connectivity index (χ0v) is 25.9. The Kier molecular flexibility index (Phi) is 9.13. The second-order valence-electron chi connectivity index (χ2n) is 10.6. The Labute approximate surface area is 259 Å². The summed E-state index contributed by atoms with van der Waals surface area (Å²) in [6, 6.07) is 13.0. The number of carbonyl (C=O) groups is 1. The highest BCUT2D eigenvalue weighted by molar-refractivity contribution is 7.88. The molecule has 2 saturated heterocycles. The fraction of sp³-hybridized carbons (Fsp3) is 0.393. The van der Waals surface area contributed by atoms with Gasteiger partial charge in [0, 0.05) is 68.1 Å². The molecule has 2 amide bonds. The molecule has 2 aliphatic heterocycles. The van der Waals surface area contributed by atoms with Gasteiger partial charge in [-0.15, -0.1) is 11.3 Å². The Bertz CT molecular complexity index is 1660. The first-order valence-corrected chi connectivity index (χ1v) is 17.0. The van der Waals surface area contributed by atoms with Crippen molar-refractivity contribution >= 4 is 39.0 Å². The number of H-pyrrole nitrogens is 1. The zero-order chi connectivity index (χ0) is 30.5. The smallest absolute Gasteiger partial charge is 0.319 e. The Hall–Kier alpha value is -3.96. The fourth-order valence-electron chi connectivity index (χ4n) is 4.97. The van der Waals surface area contributed by atoms with Crippen LogP contribution in [0.1, 0.15) is 10.6 Å². The Morgan fingerprint density at radius 1 is 0.955 bits per heavy atom. The van der Waals surface area contributed by atoms with E-state index in [-0.39, 0.29) is 6.03 Å². The number of anilines is 2. The van der Waals surface area contributed by atoms with Crippen molar-refractivity contribution in [3.63, 3.8) is 0 Å². The molecule has 232 valence electrons. The van der Waals surface area contributed by atoms with E-state index in [0.717, 1.165) is 27.6 Å². The lowest BCUT2D eigenvalue weighted by molar-refractivity contribution is 0.122. The van der Waals surface area contributed by atoms with Gasteiger partial charge >= 0.3 is 6.03 Å². The molecule has 6 rings (SSSR count). The van der Waals surface area contributed by atoms with Crippen molar-refractivity contribution in [2.75, 3.05) is 69.0 Å². The number of morpholine rings is 1. The second kappa shape index (κ2) is 13.4. The van der Waals surface area contributed by atoms with Crippen LogP contribution in [0.5, 0.6) is 0 Å². The van der Waals surface area contributed by atoms with Gasteiger partial charge in [-0.1, -0.05) is 0 Å². The Morgan fingerprint density at radius 3 is 2.41 bits per heavy atom. The highest BCUT2D eigenvalue weighted by Crippen LogP contribution is 2.30. The third-order valence-electron chi connectivity index (χ3n) is 7.38. The molecular formula is C28H34N10O4S2. The lowest BCUT2D eigenvalue weighted by Gasteiger charge is -2.32. The van der Waals surface area contributed by atoms with Crippen LogP contribution in [0.2, 0.25) is 0 Å². The van der Waals surface area contributed by atoms with E-state index in [1.54, 1.807) is 23.6 Å². The highest BCUT2D eigenvalue weighted by Gasteiger charge is 2.24. The van der Waals surface area contributed by atoms with Crippen molar-refractivity contribution in [2.45, 2.75) is 13.1 Å². The molecule has 14 nitrogen and oxygen atoms in total. The average Bonchev–Trinajstić information content (AvgIpc) is 3.73. The molecule has 0 bridgehead atoms. The molecular weight excluding hydrogens is 605 g/mol. The molecule has 0 saturated carbocycles. The minimum Gasteiger partial charge on any atom is -0.378 e. The number of benzene rings is 1. The average molecular weight is 639 g/mol. The Balaban J connectivity index is 1.17. The number of sulfonamides is 1. The van der Waals surface area contributed by atoms with E-state index in [2.05, 4.69) is 36.7 Å². The second-order valence-corrected chi connectivity index (χ2v) is 13.7. The van der Waals surface area contributed by atoms with Crippen molar-refractivity contribution in [3.8, 4) is 22.1 Å². The van der Waals surface area contributed by atoms with Gasteiger partial charge in [-0.05, 0) is 42.5 Å². The van der Waals surface area contributed by atoms with Crippen LogP contribution in [0.15, 0.2) is 48.7 Å². The molecule has 0 unspecified atom stereocenters. The van der Waals surface area contributed by atoms with E-state index >= 15 is 0 Å². The molecule has 2 aliphatic rings. The number of aromatic nitrogens is 5. The van der Waals surface area contributed by atoms with Crippen LogP contribution >= 0.6 is 11.3 Å². The number of carbonyl (C=O) groups excluding carboxylic acids is 1. The van der Waals surface area contributed by atoms with E-state index in [0.29, 0.717) is 82.3 Å². The van der Waals surface area contributed by atoms with Gasteiger partial charge in [-0.2, -0.15) is 19.4 Å². The first-order valence-electron chi connectivity index (χ1n) is 14.3. The molecule has 4 aromatic rings. The molecule has 2 fully saturated rings. The number of amides is 2. The van der Waals surface area contributed by atoms with Crippen LogP contribution in [-0.4, -0.2) is 108 Å². The summed E-state index contributed by atoms with van der Waals surface area (Å²) in [5, 5.41) is 12.3. The van der Waals surface area contributed by atoms with Gasteiger partial charge in [0.05, 0.1) is 36.6 Å². The molecule has 0 aliphatic carbocycles. The third kappa shape index (κ3) is 7.57. The standard InChI is InChI=1S/C28H34N10O4S2/c1-44(40,41)38-12-10-36(11-13-38)19-23-6-7-24(43-23)26-32-25(33-27(34-26)37-14-16-42-17-15-37)20-2-4-21(5-3-20)31-28(39)29-18-22-8-9-30-35-22/h2-9H,10-19H2,1H3,(H,30,35)(H2,29,31,39). The number of thiophene rings is 1. The number of aromatic amines is 1. The largest absolute Gasteiger partial charge is 0.378 e. The van der Waals surface area contributed by atoms with Gasteiger partial charge in [0.2, 0.25) is 16.0 Å². The fourth-order valence-corrected chi connectivity index (χ4v) is 6.78. The molecule has 0 atom stereocenters. The topological polar surface area (TPSA) is 162 Å². The predicted molar refractivity (Wildman–Crippen MR) is 168 cm³/mol. The van der Waals surface area contributed by atoms with E-state index in [1.807, 2.05) is 30.3 Å². The lowest BCUT2D eigenvalue weighted by Crippen LogP contribution is -2.47. The van der Waals surface area contributed by atoms with Gasteiger partial charge in [0.1, 0.15) is 0 Å². The van der Waals surface area contributed by atoms with Gasteiger partial charge in [0.15, 0.2) is 11.6 Å². The van der Waals surface area contributed by atoms with Crippen LogP contribution in [0, 0.1) is 0 Å². The first-order chi connectivity index (χ1) is 21.3. The highest BCUT2D eigenvalue weighted by atomic mass is 32.2. The molecule has 3 aromatic heterocycles. The third-order valence-corrected chi connectivity index (χ3v) is 9.75. The summed E-state index contributed by atoms with van der Waals surface area (Å²) >= 11 is 1.63. The maximum Gasteiger partial charge on any atom is 0.319 e. The molecule has 16 heteroatoms. The zero-order valence-electron chi connectivity index (χ0n) is 24.3.